The minimum Gasteiger partial charge on any atom is -0.385 e. The van der Waals surface area contributed by atoms with Crippen molar-refractivity contribution in [1.29, 1.82) is 0 Å². The number of rotatable bonds is 3. The Morgan fingerprint density at radius 2 is 1.70 bits per heavy atom. The highest BCUT2D eigenvalue weighted by Gasteiger charge is 2.34. The maximum absolute atomic E-state index is 12.4. The number of benzene rings is 2. The van der Waals surface area contributed by atoms with Crippen LogP contribution in [-0.2, 0) is 12.8 Å². The van der Waals surface area contributed by atoms with Crippen molar-refractivity contribution in [2.24, 2.45) is 0 Å². The largest absolute Gasteiger partial charge is 0.385 e. The number of nitrogens with one attached hydrogen (secondary N) is 1. The number of hydrogen-bond acceptors (Lipinski definition) is 3. The number of fused-ring (bicyclic) bond motifs is 2. The molecule has 0 aromatic heterocycles. The lowest BCUT2D eigenvalue weighted by Crippen LogP contribution is -2.32. The number of anilines is 1. The average Bonchev–Trinajstić information content (AvgIpc) is 2.84. The van der Waals surface area contributed by atoms with Crippen molar-refractivity contribution < 1.29 is 9.59 Å². The average molecular weight is 306 g/mol. The highest BCUT2D eigenvalue weighted by Crippen LogP contribution is 2.28. The van der Waals surface area contributed by atoms with Crippen LogP contribution in [-0.4, -0.2) is 29.8 Å². The quantitative estimate of drug-likeness (QED) is 0.887. The van der Waals surface area contributed by atoms with Gasteiger partial charge in [0.05, 0.1) is 11.1 Å². The molecule has 23 heavy (non-hydrogen) atoms. The molecule has 2 amide bonds. The van der Waals surface area contributed by atoms with Gasteiger partial charge in [-0.25, -0.2) is 0 Å². The molecule has 0 spiro atoms. The number of nitrogens with zero attached hydrogens (tertiary/aromatic N) is 1. The Bertz CT molecular complexity index is 763. The molecule has 2 heterocycles. The summed E-state index contributed by atoms with van der Waals surface area (Å²) < 4.78 is 0. The maximum Gasteiger partial charge on any atom is 0.261 e. The number of carbonyl (C=O) groups is 2. The van der Waals surface area contributed by atoms with Crippen LogP contribution in [0.25, 0.3) is 0 Å². The first-order valence-electron chi connectivity index (χ1n) is 8.05. The molecule has 1 N–H and O–H groups in total. The van der Waals surface area contributed by atoms with Crippen molar-refractivity contribution in [3.05, 3.63) is 64.7 Å². The van der Waals surface area contributed by atoms with Gasteiger partial charge in [0, 0.05) is 18.8 Å². The van der Waals surface area contributed by atoms with Crippen LogP contribution in [0.15, 0.2) is 42.5 Å². The van der Waals surface area contributed by atoms with Gasteiger partial charge in [0.25, 0.3) is 11.8 Å². The first-order chi connectivity index (χ1) is 11.3. The zero-order chi connectivity index (χ0) is 15.8. The molecule has 4 rings (SSSR count). The normalized spacial score (nSPS) is 16.1. The van der Waals surface area contributed by atoms with Gasteiger partial charge in [0.1, 0.15) is 0 Å². The van der Waals surface area contributed by atoms with Crippen molar-refractivity contribution in [3.63, 3.8) is 0 Å². The van der Waals surface area contributed by atoms with Gasteiger partial charge >= 0.3 is 0 Å². The van der Waals surface area contributed by atoms with Crippen LogP contribution in [0.2, 0.25) is 0 Å². The van der Waals surface area contributed by atoms with Crippen LogP contribution in [0.5, 0.6) is 0 Å². The van der Waals surface area contributed by atoms with Gasteiger partial charge in [-0.15, -0.1) is 0 Å². The van der Waals surface area contributed by atoms with Gasteiger partial charge < -0.3 is 5.32 Å². The molecule has 0 atom stereocenters. The second-order valence-corrected chi connectivity index (χ2v) is 6.04. The highest BCUT2D eigenvalue weighted by molar-refractivity contribution is 6.21. The summed E-state index contributed by atoms with van der Waals surface area (Å²) in [4.78, 5) is 26.2. The summed E-state index contributed by atoms with van der Waals surface area (Å²) in [5, 5.41) is 3.46. The Labute approximate surface area is 135 Å². The third-order valence-electron chi connectivity index (χ3n) is 4.64. The maximum atomic E-state index is 12.4. The van der Waals surface area contributed by atoms with E-state index < -0.39 is 0 Å². The molecule has 4 nitrogen and oxygen atoms in total. The third kappa shape index (κ3) is 2.31. The molecule has 2 aliphatic rings. The molecule has 2 aliphatic heterocycles. The van der Waals surface area contributed by atoms with E-state index in [1.807, 2.05) is 0 Å². The Morgan fingerprint density at radius 3 is 2.43 bits per heavy atom. The number of hydrogen-bond donors (Lipinski definition) is 1. The van der Waals surface area contributed by atoms with Crippen molar-refractivity contribution >= 4 is 17.5 Å². The van der Waals surface area contributed by atoms with Gasteiger partial charge in [-0.3, -0.25) is 14.5 Å². The molecule has 0 bridgehead atoms. The minimum absolute atomic E-state index is 0.177. The van der Waals surface area contributed by atoms with Crippen LogP contribution < -0.4 is 5.32 Å². The Morgan fingerprint density at radius 1 is 0.957 bits per heavy atom. The standard InChI is InChI=1S/C19H18N2O2/c22-18-15-8-1-2-9-16(15)19(23)21(18)12-10-14-6-3-5-13-7-4-11-20-17(13)14/h1-3,5-6,8-9,20H,4,7,10-12H2. The first kappa shape index (κ1) is 14.0. The molecule has 0 saturated heterocycles. The molecule has 0 saturated carbocycles. The van der Waals surface area contributed by atoms with Crippen molar-refractivity contribution in [1.82, 2.24) is 4.90 Å². The summed E-state index contributed by atoms with van der Waals surface area (Å²) in [7, 11) is 0. The summed E-state index contributed by atoms with van der Waals surface area (Å²) in [6.45, 7) is 1.40. The van der Waals surface area contributed by atoms with E-state index in [1.54, 1.807) is 24.3 Å². The summed E-state index contributed by atoms with van der Waals surface area (Å²) in [5.41, 5.74) is 4.74. The lowest BCUT2D eigenvalue weighted by molar-refractivity contribution is 0.0656. The highest BCUT2D eigenvalue weighted by atomic mass is 16.2. The molecule has 0 radical (unpaired) electrons. The predicted octanol–water partition coefficient (Wildman–Crippen LogP) is 2.88. The van der Waals surface area contributed by atoms with Gasteiger partial charge in [0.2, 0.25) is 0 Å². The second kappa shape index (κ2) is 5.54. The van der Waals surface area contributed by atoms with E-state index in [1.165, 1.54) is 21.7 Å². The smallest absolute Gasteiger partial charge is 0.261 e. The Balaban J connectivity index is 1.55. The Hall–Kier alpha value is -2.62. The summed E-state index contributed by atoms with van der Waals surface area (Å²) in [5.74, 6) is -0.355. The summed E-state index contributed by atoms with van der Waals surface area (Å²) in [6, 6.07) is 13.3. The second-order valence-electron chi connectivity index (χ2n) is 6.04. The third-order valence-corrected chi connectivity index (χ3v) is 4.64. The summed E-state index contributed by atoms with van der Waals surface area (Å²) in [6.07, 6.45) is 2.92. The zero-order valence-corrected chi connectivity index (χ0v) is 12.8. The topological polar surface area (TPSA) is 49.4 Å². The van der Waals surface area contributed by atoms with E-state index in [4.69, 9.17) is 0 Å². The molecule has 0 aliphatic carbocycles. The fourth-order valence-corrected chi connectivity index (χ4v) is 3.46. The number of imide groups is 1. The minimum atomic E-state index is -0.177. The van der Waals surface area contributed by atoms with E-state index >= 15 is 0 Å². The van der Waals surface area contributed by atoms with E-state index in [9.17, 15) is 9.59 Å². The predicted molar refractivity (Wildman–Crippen MR) is 88.8 cm³/mol. The van der Waals surface area contributed by atoms with E-state index in [2.05, 4.69) is 23.5 Å². The van der Waals surface area contributed by atoms with E-state index in [0.29, 0.717) is 24.1 Å². The fourth-order valence-electron chi connectivity index (χ4n) is 3.46. The lowest BCUT2D eigenvalue weighted by Gasteiger charge is -2.22. The molecule has 116 valence electrons. The number of aryl methyl sites for hydroxylation is 1. The van der Waals surface area contributed by atoms with Crippen LogP contribution in [0.3, 0.4) is 0 Å². The van der Waals surface area contributed by atoms with Gasteiger partial charge in [-0.2, -0.15) is 0 Å². The zero-order valence-electron chi connectivity index (χ0n) is 12.8. The van der Waals surface area contributed by atoms with Crippen molar-refractivity contribution in [2.75, 3.05) is 18.4 Å². The molecule has 2 aromatic rings. The van der Waals surface area contributed by atoms with Crippen LogP contribution in [0.1, 0.15) is 38.3 Å². The molecular weight excluding hydrogens is 288 g/mol. The van der Waals surface area contributed by atoms with Gasteiger partial charge in [0.15, 0.2) is 0 Å². The van der Waals surface area contributed by atoms with E-state index in [-0.39, 0.29) is 11.8 Å². The Kier molecular flexibility index (Phi) is 3.37. The molecule has 4 heteroatoms. The molecule has 0 unspecified atom stereocenters. The van der Waals surface area contributed by atoms with E-state index in [0.717, 1.165) is 19.4 Å². The number of amides is 2. The molecule has 2 aromatic carbocycles. The van der Waals surface area contributed by atoms with Gasteiger partial charge in [-0.05, 0) is 42.5 Å². The monoisotopic (exact) mass is 306 g/mol. The van der Waals surface area contributed by atoms with Crippen molar-refractivity contribution in [2.45, 2.75) is 19.3 Å². The number of carbonyl (C=O) groups excluding carboxylic acids is 2. The fraction of sp³-hybridized carbons (Fsp3) is 0.263. The SMILES string of the molecule is O=C1c2ccccc2C(=O)N1CCc1cccc2c1NCCC2. The first-order valence-corrected chi connectivity index (χ1v) is 8.05. The van der Waals surface area contributed by atoms with Crippen LogP contribution in [0, 0.1) is 0 Å². The van der Waals surface area contributed by atoms with Crippen molar-refractivity contribution in [3.8, 4) is 0 Å². The molecule has 0 fully saturated rings. The van der Waals surface area contributed by atoms with Crippen LogP contribution in [0.4, 0.5) is 5.69 Å². The van der Waals surface area contributed by atoms with Crippen LogP contribution >= 0.6 is 0 Å². The lowest BCUT2D eigenvalue weighted by atomic mass is 9.98. The number of para-hydroxylation sites is 1. The molecular formula is C19H18N2O2. The summed E-state index contributed by atoms with van der Waals surface area (Å²) >= 11 is 0. The van der Waals surface area contributed by atoms with Gasteiger partial charge in [-0.1, -0.05) is 30.3 Å².